The van der Waals surface area contributed by atoms with E-state index in [4.69, 9.17) is 11.6 Å². The molecule has 1 heterocycles. The van der Waals surface area contributed by atoms with Gasteiger partial charge in [-0.1, -0.05) is 35.9 Å². The number of benzene rings is 2. The van der Waals surface area contributed by atoms with E-state index in [1.54, 1.807) is 37.3 Å². The summed E-state index contributed by atoms with van der Waals surface area (Å²) in [6.07, 6.45) is 3.66. The molecular formula is C21H18ClFN2O2. The molecule has 3 rings (SSSR count). The summed E-state index contributed by atoms with van der Waals surface area (Å²) in [4.78, 5) is 12.4. The van der Waals surface area contributed by atoms with Crippen LogP contribution in [0.1, 0.15) is 16.7 Å². The van der Waals surface area contributed by atoms with E-state index in [-0.39, 0.29) is 23.5 Å². The molecule has 27 heavy (non-hydrogen) atoms. The fourth-order valence-corrected chi connectivity index (χ4v) is 2.77. The highest BCUT2D eigenvalue weighted by molar-refractivity contribution is 6.30. The highest BCUT2D eigenvalue weighted by Crippen LogP contribution is 2.20. The Balaban J connectivity index is 1.93. The van der Waals surface area contributed by atoms with Gasteiger partial charge in [-0.25, -0.2) is 9.07 Å². The molecule has 0 unspecified atom stereocenters. The zero-order valence-corrected chi connectivity index (χ0v) is 15.4. The maximum absolute atomic E-state index is 13.5. The smallest absolute Gasteiger partial charge is 0.272 e. The van der Waals surface area contributed by atoms with E-state index in [2.05, 4.69) is 5.10 Å². The molecule has 1 aromatic heterocycles. The third-order valence-electron chi connectivity index (χ3n) is 4.13. The number of halogens is 2. The molecule has 0 amide bonds. The van der Waals surface area contributed by atoms with E-state index in [0.717, 1.165) is 5.56 Å². The predicted molar refractivity (Wildman–Crippen MR) is 105 cm³/mol. The Morgan fingerprint density at radius 1 is 1.19 bits per heavy atom. The lowest BCUT2D eigenvalue weighted by Crippen LogP contribution is -2.26. The Morgan fingerprint density at radius 3 is 2.59 bits per heavy atom. The van der Waals surface area contributed by atoms with Crippen molar-refractivity contribution in [2.24, 2.45) is 0 Å². The van der Waals surface area contributed by atoms with Crippen LogP contribution in [0, 0.1) is 12.7 Å². The number of aromatic nitrogens is 2. The summed E-state index contributed by atoms with van der Waals surface area (Å²) in [5.74, 6) is -0.305. The van der Waals surface area contributed by atoms with Gasteiger partial charge in [-0.2, -0.15) is 5.10 Å². The predicted octanol–water partition coefficient (Wildman–Crippen LogP) is 4.22. The third kappa shape index (κ3) is 4.51. The van der Waals surface area contributed by atoms with Crippen LogP contribution in [-0.2, 0) is 13.2 Å². The monoisotopic (exact) mass is 384 g/mol. The summed E-state index contributed by atoms with van der Waals surface area (Å²) < 4.78 is 14.8. The molecule has 0 spiro atoms. The van der Waals surface area contributed by atoms with Gasteiger partial charge in [0.05, 0.1) is 18.8 Å². The summed E-state index contributed by atoms with van der Waals surface area (Å²) in [6, 6.07) is 13.5. The molecule has 0 aliphatic rings. The average molecular weight is 385 g/mol. The second-order valence-electron chi connectivity index (χ2n) is 6.12. The zero-order valence-electron chi connectivity index (χ0n) is 14.7. The molecule has 0 saturated heterocycles. The van der Waals surface area contributed by atoms with Gasteiger partial charge in [-0.15, -0.1) is 0 Å². The first kappa shape index (κ1) is 19.0. The first-order chi connectivity index (χ1) is 13.0. The summed E-state index contributed by atoms with van der Waals surface area (Å²) in [5, 5.41) is 14.5. The van der Waals surface area contributed by atoms with Crippen molar-refractivity contribution in [3.05, 3.63) is 92.5 Å². The van der Waals surface area contributed by atoms with Crippen LogP contribution in [0.25, 0.3) is 17.3 Å². The first-order valence-corrected chi connectivity index (χ1v) is 8.76. The minimum atomic E-state index is -0.393. The fourth-order valence-electron chi connectivity index (χ4n) is 2.64. The lowest BCUT2D eigenvalue weighted by molar-refractivity contribution is 0.278. The number of hydrogen-bond acceptors (Lipinski definition) is 3. The van der Waals surface area contributed by atoms with Gasteiger partial charge in [0.15, 0.2) is 0 Å². The van der Waals surface area contributed by atoms with Gasteiger partial charge in [0.25, 0.3) is 5.56 Å². The van der Waals surface area contributed by atoms with E-state index in [0.29, 0.717) is 21.8 Å². The van der Waals surface area contributed by atoms with Crippen LogP contribution in [-0.4, -0.2) is 14.9 Å². The number of aliphatic hydroxyl groups excluding tert-OH is 1. The molecule has 0 fully saturated rings. The van der Waals surface area contributed by atoms with Gasteiger partial charge >= 0.3 is 0 Å². The largest absolute Gasteiger partial charge is 0.391 e. The minimum Gasteiger partial charge on any atom is -0.391 e. The summed E-state index contributed by atoms with van der Waals surface area (Å²) in [6.45, 7) is 1.51. The van der Waals surface area contributed by atoms with Crippen molar-refractivity contribution >= 4 is 17.7 Å². The highest BCUT2D eigenvalue weighted by atomic mass is 35.5. The van der Waals surface area contributed by atoms with Gasteiger partial charge in [0.1, 0.15) is 5.82 Å². The van der Waals surface area contributed by atoms with E-state index < -0.39 is 6.61 Å². The molecule has 0 atom stereocenters. The SMILES string of the molecule is Cc1cc(-c2cc(CO)c(=O)n(CC=Cc3ccc(Cl)cc3)n2)ccc1F. The number of nitrogens with zero attached hydrogens (tertiary/aromatic N) is 2. The average Bonchev–Trinajstić information content (AvgIpc) is 2.67. The van der Waals surface area contributed by atoms with Crippen molar-refractivity contribution < 1.29 is 9.50 Å². The van der Waals surface area contributed by atoms with Crippen molar-refractivity contribution in [1.82, 2.24) is 9.78 Å². The molecule has 6 heteroatoms. The van der Waals surface area contributed by atoms with Crippen molar-refractivity contribution in [1.29, 1.82) is 0 Å². The minimum absolute atomic E-state index is 0.238. The molecule has 3 aromatic rings. The molecule has 4 nitrogen and oxygen atoms in total. The van der Waals surface area contributed by atoms with Gasteiger partial charge in [0.2, 0.25) is 0 Å². The molecular weight excluding hydrogens is 367 g/mol. The molecule has 0 radical (unpaired) electrons. The molecule has 0 saturated carbocycles. The van der Waals surface area contributed by atoms with E-state index in [1.165, 1.54) is 16.8 Å². The van der Waals surface area contributed by atoms with Crippen molar-refractivity contribution in [2.45, 2.75) is 20.1 Å². The summed E-state index contributed by atoms with van der Waals surface area (Å²) in [5.41, 5.74) is 2.49. The van der Waals surface area contributed by atoms with E-state index >= 15 is 0 Å². The summed E-state index contributed by atoms with van der Waals surface area (Å²) >= 11 is 5.87. The Kier molecular flexibility index (Phi) is 5.84. The van der Waals surface area contributed by atoms with E-state index in [1.807, 2.05) is 18.2 Å². The standard InChI is InChI=1S/C21H18ClFN2O2/c1-14-11-16(6-9-19(14)23)20-12-17(13-26)21(27)25(24-20)10-2-3-15-4-7-18(22)8-5-15/h2-9,11-12,26H,10,13H2,1H3. The van der Waals surface area contributed by atoms with Gasteiger partial charge in [-0.05, 0) is 54.4 Å². The quantitative estimate of drug-likeness (QED) is 0.716. The second-order valence-corrected chi connectivity index (χ2v) is 6.55. The van der Waals surface area contributed by atoms with Crippen LogP contribution in [0.4, 0.5) is 4.39 Å². The topological polar surface area (TPSA) is 55.1 Å². The number of aryl methyl sites for hydroxylation is 1. The third-order valence-corrected chi connectivity index (χ3v) is 4.38. The molecule has 0 bridgehead atoms. The maximum Gasteiger partial charge on any atom is 0.272 e. The Bertz CT molecular complexity index is 1040. The van der Waals surface area contributed by atoms with Crippen LogP contribution < -0.4 is 5.56 Å². The van der Waals surface area contributed by atoms with Gasteiger partial charge < -0.3 is 5.11 Å². The van der Waals surface area contributed by atoms with E-state index in [9.17, 15) is 14.3 Å². The normalized spacial score (nSPS) is 11.3. The molecule has 2 aromatic carbocycles. The maximum atomic E-state index is 13.5. The van der Waals surface area contributed by atoms with Crippen molar-refractivity contribution in [3.63, 3.8) is 0 Å². The Labute approximate surface area is 161 Å². The van der Waals surface area contributed by atoms with Crippen LogP contribution in [0.15, 0.2) is 59.4 Å². The Hall–Kier alpha value is -2.76. The zero-order chi connectivity index (χ0) is 19.4. The highest BCUT2D eigenvalue weighted by Gasteiger charge is 2.10. The number of rotatable bonds is 5. The Morgan fingerprint density at radius 2 is 1.93 bits per heavy atom. The molecule has 138 valence electrons. The lowest BCUT2D eigenvalue weighted by atomic mass is 10.1. The van der Waals surface area contributed by atoms with Crippen molar-refractivity contribution in [3.8, 4) is 11.3 Å². The fraction of sp³-hybridized carbons (Fsp3) is 0.143. The van der Waals surface area contributed by atoms with Crippen LogP contribution in [0.5, 0.6) is 0 Å². The molecule has 0 aliphatic heterocycles. The van der Waals surface area contributed by atoms with Crippen molar-refractivity contribution in [2.75, 3.05) is 0 Å². The van der Waals surface area contributed by atoms with Crippen LogP contribution in [0.2, 0.25) is 5.02 Å². The second kappa shape index (κ2) is 8.29. The lowest BCUT2D eigenvalue weighted by Gasteiger charge is -2.09. The molecule has 1 N–H and O–H groups in total. The van der Waals surface area contributed by atoms with Crippen LogP contribution in [0.3, 0.4) is 0 Å². The first-order valence-electron chi connectivity index (χ1n) is 8.38. The van der Waals surface area contributed by atoms with Crippen LogP contribution >= 0.6 is 11.6 Å². The summed E-state index contributed by atoms with van der Waals surface area (Å²) in [7, 11) is 0. The number of allylic oxidation sites excluding steroid dienone is 1. The van der Waals surface area contributed by atoms with Gasteiger partial charge in [-0.3, -0.25) is 4.79 Å². The number of hydrogen-bond donors (Lipinski definition) is 1. The van der Waals surface area contributed by atoms with Gasteiger partial charge in [0, 0.05) is 16.1 Å². The molecule has 0 aliphatic carbocycles. The number of aliphatic hydroxyl groups is 1.